The molecule has 0 atom stereocenters. The molecule has 146 valence electrons. The van der Waals surface area contributed by atoms with E-state index in [0.717, 1.165) is 35.0 Å². The van der Waals surface area contributed by atoms with E-state index >= 15 is 0 Å². The highest BCUT2D eigenvalue weighted by atomic mass is 16.5. The first-order chi connectivity index (χ1) is 14.3. The number of amides is 1. The zero-order valence-electron chi connectivity index (χ0n) is 16.4. The molecule has 1 fully saturated rings. The highest BCUT2D eigenvalue weighted by Gasteiger charge is 2.35. The Bertz CT molecular complexity index is 1190. The summed E-state index contributed by atoms with van der Waals surface area (Å²) in [6.07, 6.45) is 5.94. The molecule has 2 heterocycles. The third kappa shape index (κ3) is 3.23. The van der Waals surface area contributed by atoms with Gasteiger partial charge in [-0.05, 0) is 48.7 Å². The van der Waals surface area contributed by atoms with Gasteiger partial charge in [0.2, 0.25) is 0 Å². The van der Waals surface area contributed by atoms with Gasteiger partial charge in [0.25, 0.3) is 5.91 Å². The van der Waals surface area contributed by atoms with Crippen LogP contribution in [0.4, 0.5) is 0 Å². The number of ether oxygens (including phenoxy) is 1. The highest BCUT2D eigenvalue weighted by molar-refractivity contribution is 6.09. The van der Waals surface area contributed by atoms with Gasteiger partial charge in [0.05, 0.1) is 30.6 Å². The number of fused-ring (bicyclic) bond motifs is 2. The molecule has 0 bridgehead atoms. The number of hydrogen-bond acceptors (Lipinski definition) is 3. The fourth-order valence-corrected chi connectivity index (χ4v) is 3.92. The zero-order valence-corrected chi connectivity index (χ0v) is 16.4. The maximum atomic E-state index is 13.8. The molecule has 5 heteroatoms. The Balaban J connectivity index is 1.58. The lowest BCUT2D eigenvalue weighted by Gasteiger charge is -2.24. The number of benzene rings is 2. The maximum Gasteiger partial charge on any atom is 0.258 e. The second kappa shape index (κ2) is 7.24. The van der Waals surface area contributed by atoms with Crippen LogP contribution in [0.5, 0.6) is 5.75 Å². The fraction of sp³-hybridized carbons (Fsp3) is 0.250. The summed E-state index contributed by atoms with van der Waals surface area (Å²) < 4.78 is 7.91. The van der Waals surface area contributed by atoms with E-state index in [1.54, 1.807) is 0 Å². The molecule has 0 unspecified atom stereocenters. The number of aromatic nitrogens is 2. The van der Waals surface area contributed by atoms with Crippen LogP contribution in [0.25, 0.3) is 16.4 Å². The maximum absolute atomic E-state index is 13.8. The van der Waals surface area contributed by atoms with Crippen molar-refractivity contribution in [3.63, 3.8) is 0 Å². The van der Waals surface area contributed by atoms with E-state index in [9.17, 15) is 4.79 Å². The van der Waals surface area contributed by atoms with Gasteiger partial charge in [-0.3, -0.25) is 4.79 Å². The molecule has 0 spiro atoms. The normalized spacial score (nSPS) is 13.7. The van der Waals surface area contributed by atoms with Gasteiger partial charge in [0, 0.05) is 12.2 Å². The standard InChI is InChI=1S/C24H23N3O2/c1-2-29-21-13-10-17-7-3-4-8-20(17)23(21)24(28)27(18-11-12-18)16-19-15-25-22-9-5-6-14-26(19)22/h3-10,13-15,18H,2,11-12,16H2,1H3. The molecule has 0 radical (unpaired) electrons. The van der Waals surface area contributed by atoms with Crippen LogP contribution in [0, 0.1) is 0 Å². The van der Waals surface area contributed by atoms with Gasteiger partial charge >= 0.3 is 0 Å². The van der Waals surface area contributed by atoms with E-state index in [0.29, 0.717) is 24.5 Å². The summed E-state index contributed by atoms with van der Waals surface area (Å²) in [5, 5.41) is 1.98. The van der Waals surface area contributed by atoms with Crippen LogP contribution in [0.1, 0.15) is 35.8 Å². The number of nitrogens with zero attached hydrogens (tertiary/aromatic N) is 3. The average Bonchev–Trinajstić information content (AvgIpc) is 3.52. The molecule has 2 aromatic carbocycles. The number of hydrogen-bond donors (Lipinski definition) is 0. The molecule has 2 aromatic heterocycles. The van der Waals surface area contributed by atoms with E-state index in [-0.39, 0.29) is 11.9 Å². The molecule has 0 aliphatic heterocycles. The zero-order chi connectivity index (χ0) is 19.8. The highest BCUT2D eigenvalue weighted by Crippen LogP contribution is 2.35. The second-order valence-corrected chi connectivity index (χ2v) is 7.44. The fourth-order valence-electron chi connectivity index (χ4n) is 3.92. The van der Waals surface area contributed by atoms with Gasteiger partial charge in [-0.2, -0.15) is 0 Å². The van der Waals surface area contributed by atoms with Crippen LogP contribution in [0.3, 0.4) is 0 Å². The first-order valence-corrected chi connectivity index (χ1v) is 10.1. The van der Waals surface area contributed by atoms with Gasteiger partial charge in [-0.1, -0.05) is 36.4 Å². The molecule has 0 N–H and O–H groups in total. The van der Waals surface area contributed by atoms with Crippen LogP contribution in [-0.4, -0.2) is 32.8 Å². The number of pyridine rings is 1. The van der Waals surface area contributed by atoms with E-state index in [1.807, 2.05) is 78.8 Å². The molecule has 4 aromatic rings. The number of carbonyl (C=O) groups is 1. The SMILES string of the molecule is CCOc1ccc2ccccc2c1C(=O)N(Cc1cnc2ccccn12)C1CC1. The van der Waals surface area contributed by atoms with Crippen LogP contribution < -0.4 is 4.74 Å². The summed E-state index contributed by atoms with van der Waals surface area (Å²) in [6, 6.07) is 18.1. The Hall–Kier alpha value is -3.34. The Morgan fingerprint density at radius 2 is 1.97 bits per heavy atom. The van der Waals surface area contributed by atoms with Gasteiger partial charge in [-0.25, -0.2) is 4.98 Å². The second-order valence-electron chi connectivity index (χ2n) is 7.44. The monoisotopic (exact) mass is 385 g/mol. The minimum atomic E-state index is 0.0265. The van der Waals surface area contributed by atoms with Crippen LogP contribution in [0.2, 0.25) is 0 Å². The number of imidazole rings is 1. The molecule has 1 aliphatic carbocycles. The van der Waals surface area contributed by atoms with E-state index in [1.165, 1.54) is 0 Å². The lowest BCUT2D eigenvalue weighted by molar-refractivity contribution is 0.0725. The van der Waals surface area contributed by atoms with E-state index < -0.39 is 0 Å². The summed E-state index contributed by atoms with van der Waals surface area (Å²) >= 11 is 0. The first-order valence-electron chi connectivity index (χ1n) is 10.1. The summed E-state index contributed by atoms with van der Waals surface area (Å²) in [7, 11) is 0. The third-order valence-electron chi connectivity index (χ3n) is 5.48. The first kappa shape index (κ1) is 17.7. The summed E-state index contributed by atoms with van der Waals surface area (Å²) in [5.41, 5.74) is 2.57. The van der Waals surface area contributed by atoms with E-state index in [2.05, 4.69) is 9.38 Å². The topological polar surface area (TPSA) is 46.8 Å². The largest absolute Gasteiger partial charge is 0.493 e. The Morgan fingerprint density at radius 1 is 1.14 bits per heavy atom. The molecule has 5 rings (SSSR count). The minimum Gasteiger partial charge on any atom is -0.493 e. The van der Waals surface area contributed by atoms with Crippen molar-refractivity contribution in [1.82, 2.24) is 14.3 Å². The van der Waals surface area contributed by atoms with Crippen molar-refractivity contribution >= 4 is 22.3 Å². The predicted octanol–water partition coefficient (Wildman–Crippen LogP) is 4.69. The number of carbonyl (C=O) groups excluding carboxylic acids is 1. The van der Waals surface area contributed by atoms with Gasteiger partial charge in [0.1, 0.15) is 11.4 Å². The molecule has 1 saturated carbocycles. The van der Waals surface area contributed by atoms with Crippen molar-refractivity contribution < 1.29 is 9.53 Å². The molecule has 29 heavy (non-hydrogen) atoms. The van der Waals surface area contributed by atoms with Gasteiger partial charge < -0.3 is 14.0 Å². The lowest BCUT2D eigenvalue weighted by Crippen LogP contribution is -2.33. The Labute approximate surface area is 169 Å². The summed E-state index contributed by atoms with van der Waals surface area (Å²) in [5.74, 6) is 0.679. The molecule has 1 amide bonds. The molecule has 1 aliphatic rings. The average molecular weight is 385 g/mol. The summed E-state index contributed by atoms with van der Waals surface area (Å²) in [6.45, 7) is 3.00. The van der Waals surface area contributed by atoms with Crippen molar-refractivity contribution in [1.29, 1.82) is 0 Å². The van der Waals surface area contributed by atoms with Crippen molar-refractivity contribution in [2.24, 2.45) is 0 Å². The Kier molecular flexibility index (Phi) is 4.43. The van der Waals surface area contributed by atoms with Crippen LogP contribution >= 0.6 is 0 Å². The van der Waals surface area contributed by atoms with Crippen molar-refractivity contribution in [3.8, 4) is 5.75 Å². The van der Waals surface area contributed by atoms with Crippen molar-refractivity contribution in [2.75, 3.05) is 6.61 Å². The molecule has 0 saturated heterocycles. The van der Waals surface area contributed by atoms with Crippen LogP contribution in [0.15, 0.2) is 67.0 Å². The van der Waals surface area contributed by atoms with E-state index in [4.69, 9.17) is 4.74 Å². The smallest absolute Gasteiger partial charge is 0.258 e. The molecular formula is C24H23N3O2. The summed E-state index contributed by atoms with van der Waals surface area (Å²) in [4.78, 5) is 20.3. The lowest BCUT2D eigenvalue weighted by atomic mass is 10.0. The molecular weight excluding hydrogens is 362 g/mol. The van der Waals surface area contributed by atoms with Crippen LogP contribution in [-0.2, 0) is 6.54 Å². The third-order valence-corrected chi connectivity index (χ3v) is 5.48. The minimum absolute atomic E-state index is 0.0265. The predicted molar refractivity (Wildman–Crippen MR) is 113 cm³/mol. The van der Waals surface area contributed by atoms with Gasteiger partial charge in [0.15, 0.2) is 0 Å². The quantitative estimate of drug-likeness (QED) is 0.484. The van der Waals surface area contributed by atoms with Crippen molar-refractivity contribution in [2.45, 2.75) is 32.4 Å². The Morgan fingerprint density at radius 3 is 2.79 bits per heavy atom. The number of rotatable bonds is 6. The van der Waals surface area contributed by atoms with Gasteiger partial charge in [-0.15, -0.1) is 0 Å². The molecule has 5 nitrogen and oxygen atoms in total. The van der Waals surface area contributed by atoms with Crippen molar-refractivity contribution in [3.05, 3.63) is 78.2 Å².